The lowest BCUT2D eigenvalue weighted by Gasteiger charge is -2.00. The Bertz CT molecular complexity index is 426. The van der Waals surface area contributed by atoms with Crippen molar-refractivity contribution in [3.05, 3.63) is 66.0 Å². The highest BCUT2D eigenvalue weighted by molar-refractivity contribution is 5.13. The summed E-state index contributed by atoms with van der Waals surface area (Å²) in [5.74, 6) is 0. The van der Waals surface area contributed by atoms with Crippen molar-refractivity contribution in [1.82, 2.24) is 0 Å². The van der Waals surface area contributed by atoms with Gasteiger partial charge in [0.1, 0.15) is 0 Å². The summed E-state index contributed by atoms with van der Waals surface area (Å²) in [4.78, 5) is 0. The largest absolute Gasteiger partial charge is 0.239 e. The maximum atomic E-state index is 12.7. The lowest BCUT2D eigenvalue weighted by atomic mass is 10.2. The third-order valence-corrected chi connectivity index (χ3v) is 2.37. The predicted octanol–water partition coefficient (Wildman–Crippen LogP) is 2.49. The Balaban J connectivity index is 2.24. The summed E-state index contributed by atoms with van der Waals surface area (Å²) in [6.45, 7) is 0.300. The molecule has 0 unspecified atom stereocenters. The van der Waals surface area contributed by atoms with Gasteiger partial charge in [-0.25, -0.2) is 4.39 Å². The molecular formula is C13H13FN+. The van der Waals surface area contributed by atoms with Gasteiger partial charge in [0.15, 0.2) is 19.4 Å². The molecule has 0 aliphatic rings. The van der Waals surface area contributed by atoms with Gasteiger partial charge < -0.3 is 0 Å². The Morgan fingerprint density at radius 2 is 1.67 bits per heavy atom. The van der Waals surface area contributed by atoms with Crippen LogP contribution in [0.1, 0.15) is 11.3 Å². The van der Waals surface area contributed by atoms with Crippen LogP contribution < -0.4 is 4.57 Å². The number of pyridine rings is 1. The molecule has 1 nitrogen and oxygen atoms in total. The average Bonchev–Trinajstić information content (AvgIpc) is 2.31. The molecule has 0 aliphatic carbocycles. The average molecular weight is 202 g/mol. The van der Waals surface area contributed by atoms with Crippen molar-refractivity contribution in [2.45, 2.75) is 13.2 Å². The summed E-state index contributed by atoms with van der Waals surface area (Å²) in [5, 5.41) is 0. The van der Waals surface area contributed by atoms with Crippen molar-refractivity contribution >= 4 is 0 Å². The fourth-order valence-electron chi connectivity index (χ4n) is 1.57. The van der Waals surface area contributed by atoms with E-state index in [-0.39, 0.29) is 0 Å². The van der Waals surface area contributed by atoms with E-state index < -0.39 is 6.67 Å². The van der Waals surface area contributed by atoms with Gasteiger partial charge in [-0.2, -0.15) is 4.57 Å². The standard InChI is InChI=1S/C13H13FN/c14-10-13-8-4-5-9-15(13)11-12-6-2-1-3-7-12/h1-9H,10-11H2/q+1. The number of halogens is 1. The monoisotopic (exact) mass is 202 g/mol. The molecule has 0 bridgehead atoms. The molecule has 0 N–H and O–H groups in total. The molecule has 1 heterocycles. The second kappa shape index (κ2) is 4.69. The number of hydrogen-bond acceptors (Lipinski definition) is 0. The molecule has 0 radical (unpaired) electrons. The third kappa shape index (κ3) is 2.40. The van der Waals surface area contributed by atoms with E-state index in [1.807, 2.05) is 59.3 Å². The zero-order chi connectivity index (χ0) is 10.5. The van der Waals surface area contributed by atoms with E-state index >= 15 is 0 Å². The molecule has 0 saturated carbocycles. The van der Waals surface area contributed by atoms with Crippen LogP contribution in [0.4, 0.5) is 4.39 Å². The summed E-state index contributed by atoms with van der Waals surface area (Å²) in [6.07, 6.45) is 1.90. The number of hydrogen-bond donors (Lipinski definition) is 0. The van der Waals surface area contributed by atoms with Gasteiger partial charge in [0, 0.05) is 17.7 Å². The van der Waals surface area contributed by atoms with Crippen LogP contribution in [0.25, 0.3) is 0 Å². The number of alkyl halides is 1. The van der Waals surface area contributed by atoms with Crippen LogP contribution in [0.5, 0.6) is 0 Å². The molecule has 0 fully saturated rings. The van der Waals surface area contributed by atoms with E-state index in [4.69, 9.17) is 0 Å². The van der Waals surface area contributed by atoms with Crippen LogP contribution in [0.15, 0.2) is 54.7 Å². The Morgan fingerprint density at radius 1 is 0.933 bits per heavy atom. The summed E-state index contributed by atoms with van der Waals surface area (Å²) in [7, 11) is 0. The molecular weight excluding hydrogens is 189 g/mol. The molecule has 0 saturated heterocycles. The fraction of sp³-hybridized carbons (Fsp3) is 0.154. The van der Waals surface area contributed by atoms with Gasteiger partial charge in [0.05, 0.1) is 0 Å². The number of nitrogens with zero attached hydrogens (tertiary/aromatic N) is 1. The summed E-state index contributed by atoms with van der Waals surface area (Å²) >= 11 is 0. The first-order valence-electron chi connectivity index (χ1n) is 4.97. The van der Waals surface area contributed by atoms with Gasteiger partial charge in [-0.1, -0.05) is 36.4 Å². The summed E-state index contributed by atoms with van der Waals surface area (Å²) in [5.41, 5.74) is 1.89. The van der Waals surface area contributed by atoms with Crippen LogP contribution in [0, 0.1) is 0 Å². The van der Waals surface area contributed by atoms with Crippen LogP contribution in [-0.2, 0) is 13.2 Å². The van der Waals surface area contributed by atoms with Crippen molar-refractivity contribution in [3.63, 3.8) is 0 Å². The smallest absolute Gasteiger partial charge is 0.213 e. The summed E-state index contributed by atoms with van der Waals surface area (Å²) < 4.78 is 14.6. The number of benzene rings is 1. The molecule has 76 valence electrons. The van der Waals surface area contributed by atoms with Crippen molar-refractivity contribution in [1.29, 1.82) is 0 Å². The van der Waals surface area contributed by atoms with Gasteiger partial charge in [0.2, 0.25) is 5.69 Å². The Labute approximate surface area is 88.8 Å². The van der Waals surface area contributed by atoms with Crippen LogP contribution in [-0.4, -0.2) is 0 Å². The van der Waals surface area contributed by atoms with Crippen molar-refractivity contribution < 1.29 is 8.96 Å². The van der Waals surface area contributed by atoms with Crippen molar-refractivity contribution in [2.75, 3.05) is 0 Å². The first kappa shape index (κ1) is 9.84. The van der Waals surface area contributed by atoms with E-state index in [1.54, 1.807) is 0 Å². The van der Waals surface area contributed by atoms with E-state index in [0.717, 1.165) is 6.54 Å². The van der Waals surface area contributed by atoms with E-state index in [9.17, 15) is 4.39 Å². The molecule has 2 aromatic rings. The van der Waals surface area contributed by atoms with E-state index in [2.05, 4.69) is 0 Å². The fourth-order valence-corrected chi connectivity index (χ4v) is 1.57. The van der Waals surface area contributed by atoms with Crippen LogP contribution in [0.3, 0.4) is 0 Å². The minimum atomic E-state index is -0.423. The van der Waals surface area contributed by atoms with Gasteiger partial charge in [0.25, 0.3) is 0 Å². The molecule has 1 aromatic heterocycles. The van der Waals surface area contributed by atoms with Crippen LogP contribution >= 0.6 is 0 Å². The van der Waals surface area contributed by atoms with Crippen molar-refractivity contribution in [2.24, 2.45) is 0 Å². The van der Waals surface area contributed by atoms with E-state index in [1.165, 1.54) is 5.56 Å². The highest BCUT2D eigenvalue weighted by atomic mass is 19.1. The molecule has 0 atom stereocenters. The number of rotatable bonds is 3. The molecule has 1 aromatic carbocycles. The normalized spacial score (nSPS) is 10.2. The topological polar surface area (TPSA) is 3.88 Å². The minimum absolute atomic E-state index is 0.423. The Hall–Kier alpha value is -1.70. The highest BCUT2D eigenvalue weighted by Gasteiger charge is 2.08. The molecule has 0 spiro atoms. The molecule has 0 aliphatic heterocycles. The van der Waals surface area contributed by atoms with Crippen molar-refractivity contribution in [3.8, 4) is 0 Å². The van der Waals surface area contributed by atoms with Gasteiger partial charge in [-0.15, -0.1) is 0 Å². The third-order valence-electron chi connectivity index (χ3n) is 2.37. The van der Waals surface area contributed by atoms with E-state index in [0.29, 0.717) is 5.69 Å². The second-order valence-corrected chi connectivity index (χ2v) is 3.44. The molecule has 15 heavy (non-hydrogen) atoms. The minimum Gasteiger partial charge on any atom is -0.239 e. The number of aromatic nitrogens is 1. The quantitative estimate of drug-likeness (QED) is 0.673. The van der Waals surface area contributed by atoms with Gasteiger partial charge in [-0.05, 0) is 0 Å². The highest BCUT2D eigenvalue weighted by Crippen LogP contribution is 2.00. The SMILES string of the molecule is FCc1cccc[n+]1Cc1ccccc1. The Kier molecular flexibility index (Phi) is 3.08. The molecule has 0 amide bonds. The van der Waals surface area contributed by atoms with Gasteiger partial charge >= 0.3 is 0 Å². The predicted molar refractivity (Wildman–Crippen MR) is 57.0 cm³/mol. The molecule has 2 heteroatoms. The first-order valence-corrected chi connectivity index (χ1v) is 4.97. The second-order valence-electron chi connectivity index (χ2n) is 3.44. The first-order chi connectivity index (χ1) is 7.40. The summed E-state index contributed by atoms with van der Waals surface area (Å²) in [6, 6.07) is 15.6. The van der Waals surface area contributed by atoms with Crippen LogP contribution in [0.2, 0.25) is 0 Å². The Morgan fingerprint density at radius 3 is 2.40 bits per heavy atom. The van der Waals surface area contributed by atoms with Gasteiger partial charge in [-0.3, -0.25) is 0 Å². The zero-order valence-electron chi connectivity index (χ0n) is 8.44. The lowest BCUT2D eigenvalue weighted by molar-refractivity contribution is -0.696. The maximum absolute atomic E-state index is 12.7. The lowest BCUT2D eigenvalue weighted by Crippen LogP contribution is -2.37. The maximum Gasteiger partial charge on any atom is 0.213 e. The molecule has 2 rings (SSSR count). The zero-order valence-corrected chi connectivity index (χ0v) is 8.44.